The van der Waals surface area contributed by atoms with Crippen LogP contribution in [0.3, 0.4) is 0 Å². The van der Waals surface area contributed by atoms with E-state index in [4.69, 9.17) is 0 Å². The van der Waals surface area contributed by atoms with E-state index in [1.165, 1.54) is 18.2 Å². The number of hydrogen-bond acceptors (Lipinski definition) is 4. The van der Waals surface area contributed by atoms with Crippen molar-refractivity contribution in [3.05, 3.63) is 65.2 Å². The van der Waals surface area contributed by atoms with E-state index in [2.05, 4.69) is 22.1 Å². The molecule has 0 bridgehead atoms. The second-order valence-corrected chi connectivity index (χ2v) is 4.83. The normalized spacial score (nSPS) is 10.4. The monoisotopic (exact) mass is 308 g/mol. The molecule has 0 aliphatic carbocycles. The first kappa shape index (κ1) is 14.5. The van der Waals surface area contributed by atoms with Crippen molar-refractivity contribution in [3.8, 4) is 11.3 Å². The number of hydrogen-bond donors (Lipinski definition) is 2. The number of anilines is 1. The molecule has 0 aliphatic heterocycles. The van der Waals surface area contributed by atoms with Gasteiger partial charge in [0.2, 0.25) is 5.91 Å². The Labute approximate surface area is 130 Å². The third-order valence-corrected chi connectivity index (χ3v) is 3.35. The highest BCUT2D eigenvalue weighted by Gasteiger charge is 2.13. The highest BCUT2D eigenvalue weighted by atomic mass is 16.6. The summed E-state index contributed by atoms with van der Waals surface area (Å²) >= 11 is 0. The van der Waals surface area contributed by atoms with Crippen molar-refractivity contribution in [2.75, 3.05) is 5.32 Å². The molecule has 1 amide bonds. The van der Waals surface area contributed by atoms with Crippen LogP contribution in [0.15, 0.2) is 55.1 Å². The van der Waals surface area contributed by atoms with E-state index in [0.717, 1.165) is 10.9 Å². The summed E-state index contributed by atoms with van der Waals surface area (Å²) in [5.41, 5.74) is 2.64. The molecule has 0 radical (unpaired) electrons. The number of carbonyl (C=O) groups is 1. The van der Waals surface area contributed by atoms with Crippen molar-refractivity contribution in [2.24, 2.45) is 0 Å². The molecule has 0 aliphatic rings. The number of nitrogens with one attached hydrogen (secondary N) is 2. The predicted molar refractivity (Wildman–Crippen MR) is 87.0 cm³/mol. The minimum Gasteiger partial charge on any atom is -0.323 e. The molecule has 3 aromatic rings. The lowest BCUT2D eigenvalue weighted by molar-refractivity contribution is -0.384. The first-order valence-corrected chi connectivity index (χ1v) is 6.75. The number of aromatic amines is 1. The number of nitrogens with zero attached hydrogens (tertiary/aromatic N) is 2. The zero-order chi connectivity index (χ0) is 16.4. The molecule has 1 heterocycles. The van der Waals surface area contributed by atoms with Gasteiger partial charge in [0.15, 0.2) is 0 Å². The Bertz CT molecular complexity index is 930. The van der Waals surface area contributed by atoms with Crippen molar-refractivity contribution in [2.45, 2.75) is 0 Å². The number of benzene rings is 2. The van der Waals surface area contributed by atoms with E-state index in [-0.39, 0.29) is 11.6 Å². The maximum atomic E-state index is 11.4. The molecule has 0 atom stereocenters. The molecular formula is C16H12N4O3. The summed E-state index contributed by atoms with van der Waals surface area (Å²) in [6.07, 6.45) is 1.19. The lowest BCUT2D eigenvalue weighted by Crippen LogP contribution is -2.06. The molecule has 0 spiro atoms. The summed E-state index contributed by atoms with van der Waals surface area (Å²) in [6, 6.07) is 11.7. The van der Waals surface area contributed by atoms with Crippen LogP contribution in [0, 0.1) is 10.1 Å². The Morgan fingerprint density at radius 3 is 2.87 bits per heavy atom. The molecule has 0 saturated carbocycles. The number of H-pyrrole nitrogens is 1. The van der Waals surface area contributed by atoms with Crippen LogP contribution >= 0.6 is 0 Å². The van der Waals surface area contributed by atoms with Crippen molar-refractivity contribution in [1.29, 1.82) is 0 Å². The van der Waals surface area contributed by atoms with Crippen molar-refractivity contribution in [1.82, 2.24) is 10.2 Å². The number of fused-ring (bicyclic) bond motifs is 1. The van der Waals surface area contributed by atoms with Crippen LogP contribution in [0.25, 0.3) is 22.2 Å². The standard InChI is InChI=1S/C16H12N4O3/c1-2-15(21)17-11-5-3-4-10(8-11)16-13-7-6-12(20(22)23)9-14(13)18-19-16/h2-9H,1H2,(H,17,21)(H,18,19). The van der Waals surface area contributed by atoms with Crippen LogP contribution < -0.4 is 5.32 Å². The summed E-state index contributed by atoms with van der Waals surface area (Å²) in [6.45, 7) is 3.41. The van der Waals surface area contributed by atoms with E-state index in [1.54, 1.807) is 24.3 Å². The molecule has 23 heavy (non-hydrogen) atoms. The van der Waals surface area contributed by atoms with Crippen LogP contribution in [0.4, 0.5) is 11.4 Å². The molecule has 1 aromatic heterocycles. The van der Waals surface area contributed by atoms with E-state index in [9.17, 15) is 14.9 Å². The maximum Gasteiger partial charge on any atom is 0.271 e. The molecule has 0 unspecified atom stereocenters. The minimum absolute atomic E-state index is 0.000281. The van der Waals surface area contributed by atoms with Gasteiger partial charge < -0.3 is 5.32 Å². The second-order valence-electron chi connectivity index (χ2n) is 4.83. The van der Waals surface area contributed by atoms with Gasteiger partial charge in [0.1, 0.15) is 0 Å². The molecule has 3 rings (SSSR count). The predicted octanol–water partition coefficient (Wildman–Crippen LogP) is 3.26. The Balaban J connectivity index is 2.03. The topological polar surface area (TPSA) is 101 Å². The fraction of sp³-hybridized carbons (Fsp3) is 0. The van der Waals surface area contributed by atoms with Crippen LogP contribution in [0.2, 0.25) is 0 Å². The molecule has 0 fully saturated rings. The molecular weight excluding hydrogens is 296 g/mol. The van der Waals surface area contributed by atoms with Gasteiger partial charge >= 0.3 is 0 Å². The van der Waals surface area contributed by atoms with Gasteiger partial charge in [-0.15, -0.1) is 0 Å². The van der Waals surface area contributed by atoms with Crippen LogP contribution in [0.1, 0.15) is 0 Å². The third kappa shape index (κ3) is 2.80. The first-order chi connectivity index (χ1) is 11.1. The van der Waals surface area contributed by atoms with Gasteiger partial charge in [-0.2, -0.15) is 5.10 Å². The molecule has 0 saturated heterocycles. The van der Waals surface area contributed by atoms with E-state index in [0.29, 0.717) is 16.9 Å². The summed E-state index contributed by atoms with van der Waals surface area (Å²) in [4.78, 5) is 21.7. The fourth-order valence-corrected chi connectivity index (χ4v) is 2.28. The highest BCUT2D eigenvalue weighted by molar-refractivity contribution is 6.00. The SMILES string of the molecule is C=CC(=O)Nc1cccc(-c2n[nH]c3cc([N+](=O)[O-])ccc23)c1. The van der Waals surface area contributed by atoms with Gasteiger partial charge in [-0.25, -0.2) is 0 Å². The van der Waals surface area contributed by atoms with Crippen molar-refractivity contribution in [3.63, 3.8) is 0 Å². The zero-order valence-corrected chi connectivity index (χ0v) is 11.9. The van der Waals surface area contributed by atoms with E-state index < -0.39 is 4.92 Å². The van der Waals surface area contributed by atoms with Crippen LogP contribution in [-0.4, -0.2) is 21.0 Å². The largest absolute Gasteiger partial charge is 0.323 e. The van der Waals surface area contributed by atoms with Gasteiger partial charge in [-0.1, -0.05) is 18.7 Å². The highest BCUT2D eigenvalue weighted by Crippen LogP contribution is 2.29. The number of aromatic nitrogens is 2. The lowest BCUT2D eigenvalue weighted by atomic mass is 10.1. The first-order valence-electron chi connectivity index (χ1n) is 6.75. The quantitative estimate of drug-likeness (QED) is 0.439. The Morgan fingerprint density at radius 1 is 1.30 bits per heavy atom. The fourth-order valence-electron chi connectivity index (χ4n) is 2.28. The smallest absolute Gasteiger partial charge is 0.271 e. The number of rotatable bonds is 4. The van der Waals surface area contributed by atoms with Gasteiger partial charge in [0.05, 0.1) is 16.1 Å². The Kier molecular flexibility index (Phi) is 3.60. The second kappa shape index (κ2) is 5.72. The molecule has 114 valence electrons. The van der Waals surface area contributed by atoms with Gasteiger partial charge in [-0.3, -0.25) is 20.0 Å². The molecule has 2 N–H and O–H groups in total. The van der Waals surface area contributed by atoms with E-state index >= 15 is 0 Å². The average Bonchev–Trinajstić information content (AvgIpc) is 2.98. The molecule has 7 heteroatoms. The Hall–Kier alpha value is -3.48. The number of nitro groups is 1. The van der Waals surface area contributed by atoms with Crippen LogP contribution in [0.5, 0.6) is 0 Å². The van der Waals surface area contributed by atoms with Crippen molar-refractivity contribution < 1.29 is 9.72 Å². The summed E-state index contributed by atoms with van der Waals surface area (Å²) in [5, 5.41) is 21.3. The van der Waals surface area contributed by atoms with Gasteiger partial charge in [0.25, 0.3) is 5.69 Å². The van der Waals surface area contributed by atoms with Crippen LogP contribution in [-0.2, 0) is 4.79 Å². The van der Waals surface area contributed by atoms with E-state index in [1.807, 2.05) is 6.07 Å². The summed E-state index contributed by atoms with van der Waals surface area (Å²) < 4.78 is 0. The summed E-state index contributed by atoms with van der Waals surface area (Å²) in [7, 11) is 0. The molecule has 7 nitrogen and oxygen atoms in total. The number of carbonyl (C=O) groups excluding carboxylic acids is 1. The minimum atomic E-state index is -0.453. The lowest BCUT2D eigenvalue weighted by Gasteiger charge is -2.04. The van der Waals surface area contributed by atoms with Gasteiger partial charge in [0, 0.05) is 28.8 Å². The number of nitro benzene ring substituents is 1. The maximum absolute atomic E-state index is 11.4. The number of non-ortho nitro benzene ring substituents is 1. The zero-order valence-electron chi connectivity index (χ0n) is 11.9. The number of amides is 1. The third-order valence-electron chi connectivity index (χ3n) is 3.35. The Morgan fingerprint density at radius 2 is 2.13 bits per heavy atom. The molecule has 2 aromatic carbocycles. The average molecular weight is 308 g/mol. The summed E-state index contributed by atoms with van der Waals surface area (Å²) in [5.74, 6) is -0.301. The van der Waals surface area contributed by atoms with Crippen molar-refractivity contribution >= 4 is 28.2 Å². The van der Waals surface area contributed by atoms with Gasteiger partial charge in [-0.05, 0) is 24.3 Å².